The zero-order valence-electron chi connectivity index (χ0n) is 21.2. The minimum absolute atomic E-state index is 0.338. The number of fused-ring (bicyclic) bond motifs is 2. The molecule has 4 heterocycles. The highest BCUT2D eigenvalue weighted by Gasteiger charge is 2.36. The van der Waals surface area contributed by atoms with Gasteiger partial charge in [-0.3, -0.25) is 9.13 Å². The van der Waals surface area contributed by atoms with Gasteiger partial charge in [-0.15, -0.1) is 0 Å². The van der Waals surface area contributed by atoms with E-state index in [1.807, 2.05) is 69.2 Å². The summed E-state index contributed by atoms with van der Waals surface area (Å²) < 4.78 is 17.0. The van der Waals surface area contributed by atoms with Crippen LogP contribution in [0, 0.1) is 27.7 Å². The molecule has 0 amide bonds. The van der Waals surface area contributed by atoms with Gasteiger partial charge in [0.25, 0.3) is 0 Å². The standard InChI is InChI=1S/C24H30N2O4S4/c1-11-15-16(12(2)25(11)21(27)29-23(5,6)7)32-19(31-15)20-33-17-13(3)26(14(4)18(17)34-20)22(28)30-24(8,9)10/h1-10H3. The van der Waals surface area contributed by atoms with Crippen molar-refractivity contribution in [2.75, 3.05) is 0 Å². The van der Waals surface area contributed by atoms with E-state index in [4.69, 9.17) is 9.47 Å². The number of hydrogen-bond donors (Lipinski definition) is 0. The number of ether oxygens (including phenoxy) is 2. The van der Waals surface area contributed by atoms with E-state index in [-0.39, 0.29) is 12.2 Å². The molecule has 34 heavy (non-hydrogen) atoms. The number of thioether (sulfide) groups is 4. The Labute approximate surface area is 218 Å². The molecule has 0 N–H and O–H groups in total. The minimum atomic E-state index is -0.544. The van der Waals surface area contributed by atoms with Crippen molar-refractivity contribution in [3.8, 4) is 0 Å². The molecule has 0 saturated heterocycles. The first-order chi connectivity index (χ1) is 15.6. The molecule has 6 nitrogen and oxygen atoms in total. The lowest BCUT2D eigenvalue weighted by Gasteiger charge is -2.21. The van der Waals surface area contributed by atoms with Crippen LogP contribution in [0.5, 0.6) is 0 Å². The van der Waals surface area contributed by atoms with E-state index in [0.717, 1.165) is 42.4 Å². The molecule has 2 aromatic rings. The Morgan fingerprint density at radius 1 is 0.559 bits per heavy atom. The van der Waals surface area contributed by atoms with Crippen LogP contribution in [-0.2, 0) is 9.47 Å². The summed E-state index contributed by atoms with van der Waals surface area (Å²) in [4.78, 5) is 30.0. The Morgan fingerprint density at radius 2 is 0.794 bits per heavy atom. The summed E-state index contributed by atoms with van der Waals surface area (Å²) in [7, 11) is 0. The molecule has 0 saturated carbocycles. The monoisotopic (exact) mass is 538 g/mol. The Balaban J connectivity index is 1.60. The van der Waals surface area contributed by atoms with Crippen LogP contribution in [-0.4, -0.2) is 32.5 Å². The Kier molecular flexibility index (Phi) is 6.54. The van der Waals surface area contributed by atoms with Crippen LogP contribution >= 0.6 is 47.0 Å². The lowest BCUT2D eigenvalue weighted by atomic mass is 10.2. The van der Waals surface area contributed by atoms with Gasteiger partial charge in [0.15, 0.2) is 0 Å². The first kappa shape index (κ1) is 25.7. The number of aromatic nitrogens is 2. The van der Waals surface area contributed by atoms with Crippen LogP contribution < -0.4 is 0 Å². The fraction of sp³-hybridized carbons (Fsp3) is 0.500. The number of carbonyl (C=O) groups excluding carboxylic acids is 2. The molecule has 0 radical (unpaired) electrons. The second-order valence-electron chi connectivity index (χ2n) is 10.3. The Hall–Kier alpha value is -1.36. The topological polar surface area (TPSA) is 62.5 Å². The van der Waals surface area contributed by atoms with Crippen molar-refractivity contribution in [3.05, 3.63) is 31.3 Å². The quantitative estimate of drug-likeness (QED) is 0.332. The Bertz CT molecular complexity index is 1100. The maximum Gasteiger partial charge on any atom is 0.419 e. The van der Waals surface area contributed by atoms with E-state index in [1.165, 1.54) is 8.47 Å². The third-order valence-electron chi connectivity index (χ3n) is 5.17. The van der Waals surface area contributed by atoms with Crippen molar-refractivity contribution in [2.45, 2.75) is 100 Å². The normalized spacial score (nSPS) is 15.6. The number of nitrogens with zero attached hydrogens (tertiary/aromatic N) is 2. The van der Waals surface area contributed by atoms with Gasteiger partial charge in [0.05, 0.1) is 8.47 Å². The lowest BCUT2D eigenvalue weighted by molar-refractivity contribution is 0.0518. The molecule has 0 spiro atoms. The average Bonchev–Trinajstić information content (AvgIpc) is 3.37. The van der Waals surface area contributed by atoms with E-state index < -0.39 is 11.2 Å². The third-order valence-corrected chi connectivity index (χ3v) is 11.3. The van der Waals surface area contributed by atoms with Crippen LogP contribution in [0.2, 0.25) is 0 Å². The highest BCUT2D eigenvalue weighted by atomic mass is 32.2. The molecular weight excluding hydrogens is 509 g/mol. The molecule has 0 aliphatic carbocycles. The van der Waals surface area contributed by atoms with Crippen molar-refractivity contribution in [1.82, 2.24) is 9.13 Å². The smallest absolute Gasteiger partial charge is 0.419 e. The number of carbonyl (C=O) groups is 2. The van der Waals surface area contributed by atoms with Gasteiger partial charge < -0.3 is 9.47 Å². The van der Waals surface area contributed by atoms with Crippen molar-refractivity contribution >= 4 is 59.2 Å². The first-order valence-corrected chi connectivity index (χ1v) is 14.2. The van der Waals surface area contributed by atoms with Crippen LogP contribution in [0.4, 0.5) is 9.59 Å². The van der Waals surface area contributed by atoms with E-state index >= 15 is 0 Å². The predicted molar refractivity (Wildman–Crippen MR) is 142 cm³/mol. The van der Waals surface area contributed by atoms with Gasteiger partial charge in [-0.05, 0) is 69.2 Å². The van der Waals surface area contributed by atoms with Gasteiger partial charge in [-0.25, -0.2) is 9.59 Å². The zero-order chi connectivity index (χ0) is 25.3. The largest absolute Gasteiger partial charge is 0.443 e. The minimum Gasteiger partial charge on any atom is -0.443 e. The van der Waals surface area contributed by atoms with Gasteiger partial charge in [-0.2, -0.15) is 0 Å². The maximum absolute atomic E-state index is 12.8. The van der Waals surface area contributed by atoms with E-state index in [2.05, 4.69) is 0 Å². The summed E-state index contributed by atoms with van der Waals surface area (Å²) >= 11 is 6.83. The van der Waals surface area contributed by atoms with Crippen molar-refractivity contribution < 1.29 is 19.1 Å². The number of hydrogen-bond acceptors (Lipinski definition) is 8. The van der Waals surface area contributed by atoms with Crippen LogP contribution in [0.25, 0.3) is 0 Å². The van der Waals surface area contributed by atoms with Crippen molar-refractivity contribution in [3.63, 3.8) is 0 Å². The molecule has 0 unspecified atom stereocenters. The van der Waals surface area contributed by atoms with Gasteiger partial charge in [-0.1, -0.05) is 47.0 Å². The Morgan fingerprint density at radius 3 is 1.00 bits per heavy atom. The molecule has 184 valence electrons. The summed E-state index contributed by atoms with van der Waals surface area (Å²) in [6.45, 7) is 19.1. The maximum atomic E-state index is 12.8. The van der Waals surface area contributed by atoms with E-state index in [1.54, 1.807) is 56.2 Å². The molecular formula is C24H30N2O4S4. The molecule has 0 atom stereocenters. The zero-order valence-corrected chi connectivity index (χ0v) is 24.4. The molecule has 2 aromatic heterocycles. The fourth-order valence-corrected chi connectivity index (χ4v) is 9.62. The van der Waals surface area contributed by atoms with E-state index in [9.17, 15) is 9.59 Å². The molecule has 0 fully saturated rings. The average molecular weight is 539 g/mol. The predicted octanol–water partition coefficient (Wildman–Crippen LogP) is 8.31. The second kappa shape index (κ2) is 8.64. The molecule has 0 bridgehead atoms. The van der Waals surface area contributed by atoms with Crippen LogP contribution in [0.3, 0.4) is 0 Å². The molecule has 2 aliphatic rings. The van der Waals surface area contributed by atoms with Crippen LogP contribution in [0.1, 0.15) is 64.3 Å². The summed E-state index contributed by atoms with van der Waals surface area (Å²) in [6, 6.07) is 0. The van der Waals surface area contributed by atoms with Gasteiger partial charge >= 0.3 is 12.2 Å². The highest BCUT2D eigenvalue weighted by molar-refractivity contribution is 8.30. The number of rotatable bonds is 0. The summed E-state index contributed by atoms with van der Waals surface area (Å²) in [5.41, 5.74) is 2.54. The fourth-order valence-electron chi connectivity index (χ4n) is 3.79. The van der Waals surface area contributed by atoms with Gasteiger partial charge in [0.2, 0.25) is 0 Å². The van der Waals surface area contributed by atoms with Crippen molar-refractivity contribution in [1.29, 1.82) is 0 Å². The first-order valence-electron chi connectivity index (χ1n) is 10.9. The summed E-state index contributed by atoms with van der Waals surface area (Å²) in [5.74, 6) is 0. The second-order valence-corrected chi connectivity index (χ2v) is 14.9. The van der Waals surface area contributed by atoms with Gasteiger partial charge in [0.1, 0.15) is 11.2 Å². The van der Waals surface area contributed by atoms with Gasteiger partial charge in [0, 0.05) is 42.4 Å². The summed E-state index contributed by atoms with van der Waals surface area (Å²) in [6.07, 6.45) is -0.675. The van der Waals surface area contributed by atoms with Crippen molar-refractivity contribution in [2.24, 2.45) is 0 Å². The molecule has 4 rings (SSSR count). The molecule has 10 heteroatoms. The molecule has 2 aliphatic heterocycles. The SMILES string of the molecule is Cc1c2c(c(C)n1C(=O)OC(C)(C)C)SC(=C1Sc3c(c(C)n(C(=O)OC(C)(C)C)c3C)S1)S2. The lowest BCUT2D eigenvalue weighted by Crippen LogP contribution is -2.28. The van der Waals surface area contributed by atoms with Crippen LogP contribution in [0.15, 0.2) is 28.1 Å². The molecule has 0 aromatic carbocycles. The third kappa shape index (κ3) is 4.58. The van der Waals surface area contributed by atoms with E-state index in [0.29, 0.717) is 0 Å². The highest BCUT2D eigenvalue weighted by Crippen LogP contribution is 2.64. The summed E-state index contributed by atoms with van der Waals surface area (Å²) in [5, 5.41) is 0.